The number of carbonyl (C=O) groups is 3. The van der Waals surface area contributed by atoms with Gasteiger partial charge in [-0.15, -0.1) is 0 Å². The normalized spacial score (nSPS) is 16.9. The van der Waals surface area contributed by atoms with Crippen molar-refractivity contribution < 1.29 is 36.7 Å². The molecule has 1 aromatic carbocycles. The van der Waals surface area contributed by atoms with Crippen LogP contribution in [0.4, 0.5) is 4.39 Å². The molecular weight excluding hydrogens is 455 g/mol. The van der Waals surface area contributed by atoms with Gasteiger partial charge in [0.1, 0.15) is 5.82 Å². The molecule has 0 radical (unpaired) electrons. The SMILES string of the molecule is COC(=O)c1c(C)[nH]c(C(=O)COC(=O)C2CCCN(S(=O)(=O)c3ccc(F)cc3)C2)c1C. The molecule has 33 heavy (non-hydrogen) atoms. The number of hydrogen-bond donors (Lipinski definition) is 1. The van der Waals surface area contributed by atoms with E-state index in [1.54, 1.807) is 13.8 Å². The number of Topliss-reactive ketones (excluding diaryl/α,β-unsaturated/α-hetero) is 1. The van der Waals surface area contributed by atoms with Crippen molar-refractivity contribution in [2.24, 2.45) is 5.92 Å². The third-order valence-corrected chi connectivity index (χ3v) is 7.50. The third-order valence-electron chi connectivity index (χ3n) is 5.62. The molecule has 3 rings (SSSR count). The van der Waals surface area contributed by atoms with Crippen molar-refractivity contribution in [1.82, 2.24) is 9.29 Å². The van der Waals surface area contributed by atoms with Gasteiger partial charge in [-0.1, -0.05) is 0 Å². The molecule has 1 aromatic heterocycles. The topological polar surface area (TPSA) is 123 Å². The lowest BCUT2D eigenvalue weighted by Gasteiger charge is -2.30. The molecule has 11 heteroatoms. The third kappa shape index (κ3) is 5.14. The van der Waals surface area contributed by atoms with Crippen molar-refractivity contribution in [1.29, 1.82) is 0 Å². The molecule has 2 heterocycles. The maximum absolute atomic E-state index is 13.1. The molecule has 1 unspecified atom stereocenters. The maximum atomic E-state index is 13.1. The molecule has 2 aromatic rings. The lowest BCUT2D eigenvalue weighted by Crippen LogP contribution is -2.43. The predicted molar refractivity (Wildman–Crippen MR) is 115 cm³/mol. The van der Waals surface area contributed by atoms with Crippen LogP contribution in [0.2, 0.25) is 0 Å². The number of aryl methyl sites for hydroxylation is 1. The summed E-state index contributed by atoms with van der Waals surface area (Å²) in [6, 6.07) is 4.47. The van der Waals surface area contributed by atoms with Crippen molar-refractivity contribution in [2.75, 3.05) is 26.8 Å². The van der Waals surface area contributed by atoms with E-state index in [0.29, 0.717) is 24.1 Å². The van der Waals surface area contributed by atoms with Crippen LogP contribution in [-0.2, 0) is 24.3 Å². The lowest BCUT2D eigenvalue weighted by molar-refractivity contribution is -0.148. The van der Waals surface area contributed by atoms with Gasteiger partial charge in [0.05, 0.1) is 29.2 Å². The van der Waals surface area contributed by atoms with Gasteiger partial charge in [-0.25, -0.2) is 17.6 Å². The van der Waals surface area contributed by atoms with E-state index in [9.17, 15) is 27.2 Å². The molecular formula is C22H25FN2O7S. The molecule has 1 aliphatic heterocycles. The van der Waals surface area contributed by atoms with E-state index in [2.05, 4.69) is 4.98 Å². The minimum atomic E-state index is -3.89. The van der Waals surface area contributed by atoms with E-state index in [0.717, 1.165) is 12.1 Å². The second-order valence-electron chi connectivity index (χ2n) is 7.80. The number of sulfonamides is 1. The van der Waals surface area contributed by atoms with Gasteiger partial charge in [0.2, 0.25) is 15.8 Å². The van der Waals surface area contributed by atoms with Gasteiger partial charge in [-0.3, -0.25) is 9.59 Å². The molecule has 9 nitrogen and oxygen atoms in total. The van der Waals surface area contributed by atoms with Gasteiger partial charge in [-0.2, -0.15) is 4.31 Å². The fourth-order valence-electron chi connectivity index (χ4n) is 3.87. The highest BCUT2D eigenvalue weighted by atomic mass is 32.2. The van der Waals surface area contributed by atoms with Crippen LogP contribution in [0.25, 0.3) is 0 Å². The average molecular weight is 481 g/mol. The molecule has 0 saturated carbocycles. The summed E-state index contributed by atoms with van der Waals surface area (Å²) in [5.41, 5.74) is 1.25. The Hall–Kier alpha value is -3.05. The Morgan fingerprint density at radius 1 is 1.18 bits per heavy atom. The van der Waals surface area contributed by atoms with Crippen LogP contribution in [0.1, 0.15) is 44.9 Å². The van der Waals surface area contributed by atoms with Crippen LogP contribution in [0.5, 0.6) is 0 Å². The number of benzene rings is 1. The average Bonchev–Trinajstić information content (AvgIpc) is 3.11. The summed E-state index contributed by atoms with van der Waals surface area (Å²) in [4.78, 5) is 39.8. The summed E-state index contributed by atoms with van der Waals surface area (Å²) in [6.45, 7) is 2.78. The highest BCUT2D eigenvalue weighted by Gasteiger charge is 2.34. The van der Waals surface area contributed by atoms with E-state index in [1.807, 2.05) is 0 Å². The van der Waals surface area contributed by atoms with Crippen molar-refractivity contribution in [2.45, 2.75) is 31.6 Å². The van der Waals surface area contributed by atoms with Gasteiger partial charge < -0.3 is 14.5 Å². The number of methoxy groups -OCH3 is 1. The number of hydrogen-bond acceptors (Lipinski definition) is 7. The number of carbonyl (C=O) groups excluding carboxylic acids is 3. The molecule has 0 bridgehead atoms. The first-order valence-corrected chi connectivity index (χ1v) is 11.7. The highest BCUT2D eigenvalue weighted by molar-refractivity contribution is 7.89. The number of nitrogens with zero attached hydrogens (tertiary/aromatic N) is 1. The largest absolute Gasteiger partial charge is 0.465 e. The smallest absolute Gasteiger partial charge is 0.339 e. The van der Waals surface area contributed by atoms with E-state index < -0.39 is 46.1 Å². The standard InChI is InChI=1S/C22H25FN2O7S/c1-13-19(22(28)31-3)14(2)24-20(13)18(26)12-32-21(27)15-5-4-10-25(11-15)33(29,30)17-8-6-16(23)7-9-17/h6-9,15,24H,4-5,10-12H2,1-3H3. The number of halogens is 1. The number of ketones is 1. The highest BCUT2D eigenvalue weighted by Crippen LogP contribution is 2.25. The molecule has 0 aliphatic carbocycles. The molecule has 178 valence electrons. The van der Waals surface area contributed by atoms with Crippen LogP contribution < -0.4 is 0 Å². The maximum Gasteiger partial charge on any atom is 0.339 e. The Balaban J connectivity index is 1.64. The van der Waals surface area contributed by atoms with Gasteiger partial charge in [0, 0.05) is 18.8 Å². The summed E-state index contributed by atoms with van der Waals surface area (Å²) in [5, 5.41) is 0. The summed E-state index contributed by atoms with van der Waals surface area (Å²) < 4.78 is 49.8. The van der Waals surface area contributed by atoms with Gasteiger partial charge in [-0.05, 0) is 56.5 Å². The van der Waals surface area contributed by atoms with Crippen molar-refractivity contribution in [3.63, 3.8) is 0 Å². The summed E-state index contributed by atoms with van der Waals surface area (Å²) in [7, 11) is -2.66. The fraction of sp³-hybridized carbons (Fsp3) is 0.409. The Kier molecular flexibility index (Phi) is 7.33. The zero-order valence-corrected chi connectivity index (χ0v) is 19.3. The van der Waals surface area contributed by atoms with E-state index in [4.69, 9.17) is 9.47 Å². The predicted octanol–water partition coefficient (Wildman–Crippen LogP) is 2.38. The lowest BCUT2D eigenvalue weighted by atomic mass is 10.00. The minimum absolute atomic E-state index is 0.0629. The quantitative estimate of drug-likeness (QED) is 0.477. The monoisotopic (exact) mass is 480 g/mol. The number of aromatic nitrogens is 1. The van der Waals surface area contributed by atoms with Crippen LogP contribution in [0.3, 0.4) is 0 Å². The molecule has 0 amide bonds. The first-order chi connectivity index (χ1) is 15.6. The first kappa shape index (κ1) is 24.6. The van der Waals surface area contributed by atoms with Crippen molar-refractivity contribution in [3.8, 4) is 0 Å². The Morgan fingerprint density at radius 3 is 2.48 bits per heavy atom. The van der Waals surface area contributed by atoms with E-state index in [-0.39, 0.29) is 29.2 Å². The second-order valence-corrected chi connectivity index (χ2v) is 9.74. The Labute approximate surface area is 190 Å². The van der Waals surface area contributed by atoms with Crippen LogP contribution in [0.15, 0.2) is 29.2 Å². The van der Waals surface area contributed by atoms with Gasteiger partial charge in [0.15, 0.2) is 6.61 Å². The summed E-state index contributed by atoms with van der Waals surface area (Å²) in [5.74, 6) is -3.08. The Morgan fingerprint density at radius 2 is 1.85 bits per heavy atom. The number of H-pyrrole nitrogens is 1. The molecule has 0 spiro atoms. The van der Waals surface area contributed by atoms with E-state index in [1.165, 1.54) is 23.5 Å². The number of esters is 2. The molecule has 1 aliphatic rings. The number of ether oxygens (including phenoxy) is 2. The number of piperidine rings is 1. The molecule has 1 atom stereocenters. The van der Waals surface area contributed by atoms with Crippen LogP contribution >= 0.6 is 0 Å². The van der Waals surface area contributed by atoms with Gasteiger partial charge in [0.25, 0.3) is 0 Å². The molecule has 1 fully saturated rings. The number of rotatable bonds is 7. The minimum Gasteiger partial charge on any atom is -0.465 e. The van der Waals surface area contributed by atoms with E-state index >= 15 is 0 Å². The number of nitrogens with one attached hydrogen (secondary N) is 1. The van der Waals surface area contributed by atoms with Crippen molar-refractivity contribution in [3.05, 3.63) is 52.6 Å². The zero-order chi connectivity index (χ0) is 24.3. The van der Waals surface area contributed by atoms with Crippen LogP contribution in [0, 0.1) is 25.6 Å². The Bertz CT molecular complexity index is 1170. The van der Waals surface area contributed by atoms with Crippen LogP contribution in [-0.4, -0.2) is 62.2 Å². The van der Waals surface area contributed by atoms with Gasteiger partial charge >= 0.3 is 11.9 Å². The molecule has 1 N–H and O–H groups in total. The molecule has 1 saturated heterocycles. The summed E-state index contributed by atoms with van der Waals surface area (Å²) >= 11 is 0. The first-order valence-electron chi connectivity index (χ1n) is 10.3. The number of aromatic amines is 1. The summed E-state index contributed by atoms with van der Waals surface area (Å²) in [6.07, 6.45) is 0.848. The fourth-order valence-corrected chi connectivity index (χ4v) is 5.40. The second kappa shape index (κ2) is 9.84. The van der Waals surface area contributed by atoms with Crippen molar-refractivity contribution >= 4 is 27.7 Å². The zero-order valence-electron chi connectivity index (χ0n) is 18.5.